The number of pyridine rings is 1. The van der Waals surface area contributed by atoms with Crippen molar-refractivity contribution >= 4 is 29.1 Å². The Hall–Kier alpha value is -1.40. The highest BCUT2D eigenvalue weighted by atomic mass is 32.2. The Morgan fingerprint density at radius 3 is 2.82 bits per heavy atom. The minimum atomic E-state index is -0.952. The summed E-state index contributed by atoms with van der Waals surface area (Å²) in [6.45, 7) is 3.67. The van der Waals surface area contributed by atoms with Gasteiger partial charge in [-0.25, -0.2) is 14.8 Å². The first-order chi connectivity index (χ1) is 8.08. The van der Waals surface area contributed by atoms with E-state index in [1.807, 2.05) is 12.3 Å². The van der Waals surface area contributed by atoms with Crippen LogP contribution in [0, 0.1) is 13.8 Å². The van der Waals surface area contributed by atoms with Crippen LogP contribution in [0.2, 0.25) is 0 Å². The van der Waals surface area contributed by atoms with E-state index in [-0.39, 0.29) is 5.56 Å². The number of nitrogens with zero attached hydrogens (tertiary/aromatic N) is 2. The van der Waals surface area contributed by atoms with Gasteiger partial charge in [-0.1, -0.05) is 0 Å². The molecule has 2 rings (SSSR count). The third-order valence-corrected chi connectivity index (χ3v) is 4.18. The minimum absolute atomic E-state index is 0.255. The first kappa shape index (κ1) is 12.1. The average molecular weight is 266 g/mol. The number of rotatable bonds is 3. The van der Waals surface area contributed by atoms with Gasteiger partial charge in [0.05, 0.1) is 5.56 Å². The zero-order chi connectivity index (χ0) is 12.4. The highest BCUT2D eigenvalue weighted by molar-refractivity contribution is 8.01. The predicted molar refractivity (Wildman–Crippen MR) is 66.9 cm³/mol. The third-order valence-electron chi connectivity index (χ3n) is 2.12. The number of carboxylic acids is 1. The van der Waals surface area contributed by atoms with Gasteiger partial charge in [0.2, 0.25) is 0 Å². The van der Waals surface area contributed by atoms with E-state index in [4.69, 9.17) is 5.11 Å². The van der Waals surface area contributed by atoms with E-state index in [0.29, 0.717) is 10.6 Å². The normalized spacial score (nSPS) is 10.5. The number of thiazole rings is 1. The molecule has 0 saturated heterocycles. The number of aromatic carboxylic acids is 1. The molecule has 6 heteroatoms. The van der Waals surface area contributed by atoms with Gasteiger partial charge in [-0.3, -0.25) is 0 Å². The molecule has 0 atom stereocenters. The molecule has 0 fully saturated rings. The van der Waals surface area contributed by atoms with Crippen molar-refractivity contribution in [2.45, 2.75) is 23.2 Å². The topological polar surface area (TPSA) is 63.1 Å². The lowest BCUT2D eigenvalue weighted by molar-refractivity contribution is 0.0691. The Labute approximate surface area is 107 Å². The fourth-order valence-electron chi connectivity index (χ4n) is 1.33. The van der Waals surface area contributed by atoms with Crippen LogP contribution in [0.1, 0.15) is 21.6 Å². The lowest BCUT2D eigenvalue weighted by atomic mass is 10.2. The molecule has 0 aliphatic rings. The van der Waals surface area contributed by atoms with Crippen molar-refractivity contribution in [1.29, 1.82) is 0 Å². The summed E-state index contributed by atoms with van der Waals surface area (Å²) in [4.78, 5) is 19.6. The summed E-state index contributed by atoms with van der Waals surface area (Å²) >= 11 is 2.78. The zero-order valence-electron chi connectivity index (χ0n) is 9.30. The average Bonchev–Trinajstić information content (AvgIpc) is 2.63. The van der Waals surface area contributed by atoms with Crippen LogP contribution in [0.25, 0.3) is 0 Å². The summed E-state index contributed by atoms with van der Waals surface area (Å²) in [5.41, 5.74) is 1.90. The number of carboxylic acid groups (broad SMARTS) is 1. The first-order valence-corrected chi connectivity index (χ1v) is 6.56. The van der Waals surface area contributed by atoms with Crippen LogP contribution in [-0.4, -0.2) is 21.0 Å². The quantitative estimate of drug-likeness (QED) is 0.925. The predicted octanol–water partition coefficient (Wildman–Crippen LogP) is 3.00. The van der Waals surface area contributed by atoms with E-state index < -0.39 is 5.97 Å². The Kier molecular flexibility index (Phi) is 3.44. The molecule has 2 aromatic rings. The second-order valence-corrected chi connectivity index (χ2v) is 5.56. The minimum Gasteiger partial charge on any atom is -0.478 e. The summed E-state index contributed by atoms with van der Waals surface area (Å²) < 4.78 is 0.808. The van der Waals surface area contributed by atoms with Crippen molar-refractivity contribution in [1.82, 2.24) is 9.97 Å². The van der Waals surface area contributed by atoms with Crippen molar-refractivity contribution < 1.29 is 9.90 Å². The highest BCUT2D eigenvalue weighted by Gasteiger charge is 2.16. The van der Waals surface area contributed by atoms with Crippen LogP contribution >= 0.6 is 23.1 Å². The maximum atomic E-state index is 11.2. The lowest BCUT2D eigenvalue weighted by Gasteiger charge is -2.05. The highest BCUT2D eigenvalue weighted by Crippen LogP contribution is 2.32. The molecule has 0 unspecified atom stereocenters. The second-order valence-electron chi connectivity index (χ2n) is 3.47. The van der Waals surface area contributed by atoms with E-state index in [0.717, 1.165) is 10.0 Å². The summed E-state index contributed by atoms with van der Waals surface area (Å²) in [6.07, 6.45) is 1.62. The number of carbonyl (C=O) groups is 1. The molecule has 0 aliphatic carbocycles. The second kappa shape index (κ2) is 4.85. The Morgan fingerprint density at radius 2 is 2.24 bits per heavy atom. The molecule has 2 heterocycles. The summed E-state index contributed by atoms with van der Waals surface area (Å²) in [6, 6.07) is 1.70. The molecular weight excluding hydrogens is 256 g/mol. The summed E-state index contributed by atoms with van der Waals surface area (Å²) in [5.74, 6) is -0.952. The van der Waals surface area contributed by atoms with Crippen LogP contribution < -0.4 is 0 Å². The van der Waals surface area contributed by atoms with Gasteiger partial charge in [0, 0.05) is 17.3 Å². The molecule has 4 nitrogen and oxygen atoms in total. The molecule has 0 spiro atoms. The van der Waals surface area contributed by atoms with E-state index >= 15 is 0 Å². The van der Waals surface area contributed by atoms with Gasteiger partial charge in [-0.15, -0.1) is 11.3 Å². The molecule has 0 aliphatic heterocycles. The zero-order valence-corrected chi connectivity index (χ0v) is 10.9. The van der Waals surface area contributed by atoms with Crippen molar-refractivity contribution in [3.63, 3.8) is 0 Å². The number of hydrogen-bond donors (Lipinski definition) is 1. The van der Waals surface area contributed by atoms with Crippen molar-refractivity contribution in [3.05, 3.63) is 34.5 Å². The van der Waals surface area contributed by atoms with E-state index in [1.54, 1.807) is 19.2 Å². The smallest absolute Gasteiger partial charge is 0.338 e. The van der Waals surface area contributed by atoms with Crippen molar-refractivity contribution in [2.24, 2.45) is 0 Å². The number of hydrogen-bond acceptors (Lipinski definition) is 5. The molecule has 2 aromatic heterocycles. The largest absolute Gasteiger partial charge is 0.478 e. The molecule has 0 radical (unpaired) electrons. The van der Waals surface area contributed by atoms with Gasteiger partial charge in [-0.05, 0) is 37.2 Å². The van der Waals surface area contributed by atoms with E-state index in [2.05, 4.69) is 9.97 Å². The van der Waals surface area contributed by atoms with Crippen LogP contribution in [0.15, 0.2) is 27.0 Å². The monoisotopic (exact) mass is 266 g/mol. The van der Waals surface area contributed by atoms with Crippen LogP contribution in [0.5, 0.6) is 0 Å². The molecule has 0 amide bonds. The molecule has 0 bridgehead atoms. The number of aromatic nitrogens is 2. The molecular formula is C11H10N2O2S2. The van der Waals surface area contributed by atoms with Crippen LogP contribution in [0.4, 0.5) is 0 Å². The SMILES string of the molecule is Cc1csc(Sc2nccc(C)c2C(=O)O)n1. The van der Waals surface area contributed by atoms with Crippen molar-refractivity contribution in [3.8, 4) is 0 Å². The van der Waals surface area contributed by atoms with Gasteiger partial charge in [-0.2, -0.15) is 0 Å². The van der Waals surface area contributed by atoms with E-state index in [1.165, 1.54) is 23.1 Å². The Bertz CT molecular complexity index is 566. The maximum absolute atomic E-state index is 11.2. The Balaban J connectivity index is 2.39. The van der Waals surface area contributed by atoms with Gasteiger partial charge in [0.1, 0.15) is 5.03 Å². The van der Waals surface area contributed by atoms with Crippen molar-refractivity contribution in [2.75, 3.05) is 0 Å². The molecule has 0 saturated carbocycles. The van der Waals surface area contributed by atoms with Gasteiger partial charge in [0.15, 0.2) is 4.34 Å². The third kappa shape index (κ3) is 2.65. The first-order valence-electron chi connectivity index (χ1n) is 4.87. The molecule has 1 N–H and O–H groups in total. The summed E-state index contributed by atoms with van der Waals surface area (Å²) in [5, 5.41) is 11.6. The molecule has 88 valence electrons. The summed E-state index contributed by atoms with van der Waals surface area (Å²) in [7, 11) is 0. The van der Waals surface area contributed by atoms with Gasteiger partial charge >= 0.3 is 5.97 Å². The van der Waals surface area contributed by atoms with Crippen LogP contribution in [0.3, 0.4) is 0 Å². The molecule has 0 aromatic carbocycles. The number of aryl methyl sites for hydroxylation is 2. The standard InChI is InChI=1S/C11H10N2O2S2/c1-6-3-4-12-9(8(6)10(14)15)17-11-13-7(2)5-16-11/h3-5H,1-2H3,(H,14,15). The lowest BCUT2D eigenvalue weighted by Crippen LogP contribution is -2.03. The fourth-order valence-corrected chi connectivity index (χ4v) is 3.25. The Morgan fingerprint density at radius 1 is 1.47 bits per heavy atom. The maximum Gasteiger partial charge on any atom is 0.338 e. The fraction of sp³-hybridized carbons (Fsp3) is 0.182. The van der Waals surface area contributed by atoms with Crippen LogP contribution in [-0.2, 0) is 0 Å². The van der Waals surface area contributed by atoms with Gasteiger partial charge in [0.25, 0.3) is 0 Å². The van der Waals surface area contributed by atoms with Gasteiger partial charge < -0.3 is 5.11 Å². The van der Waals surface area contributed by atoms with E-state index in [9.17, 15) is 4.79 Å². The molecule has 17 heavy (non-hydrogen) atoms.